The Morgan fingerprint density at radius 2 is 1.45 bits per heavy atom. The number of pyridine rings is 4. The Balaban J connectivity index is 0.842. The third kappa shape index (κ3) is 7.21. The van der Waals surface area contributed by atoms with Crippen molar-refractivity contribution in [1.82, 2.24) is 28.9 Å². The lowest BCUT2D eigenvalue weighted by Crippen LogP contribution is -2.52. The van der Waals surface area contributed by atoms with Gasteiger partial charge in [-0.2, -0.15) is 0 Å². The fourth-order valence-electron chi connectivity index (χ4n) is 13.8. The van der Waals surface area contributed by atoms with Crippen molar-refractivity contribution in [3.8, 4) is 34.3 Å². The molecule has 2 aromatic carbocycles. The van der Waals surface area contributed by atoms with Gasteiger partial charge in [0.05, 0.1) is 58.0 Å². The second-order valence-electron chi connectivity index (χ2n) is 23.3. The Bertz CT molecular complexity index is 3680. The predicted octanol–water partition coefficient (Wildman–Crippen LogP) is 6.22. The zero-order valence-electron chi connectivity index (χ0n) is 44.3. The summed E-state index contributed by atoms with van der Waals surface area (Å²) in [6.07, 6.45) is 2.78. The monoisotopic (exact) mass is 1030 g/mol. The summed E-state index contributed by atoms with van der Waals surface area (Å²) in [6, 6.07) is 9.27. The van der Waals surface area contributed by atoms with E-state index in [2.05, 4.69) is 50.5 Å². The molecule has 17 heteroatoms. The highest BCUT2D eigenvalue weighted by atomic mass is 16.6. The van der Waals surface area contributed by atoms with Crippen LogP contribution in [0.1, 0.15) is 140 Å². The predicted molar refractivity (Wildman–Crippen MR) is 283 cm³/mol. The maximum atomic E-state index is 14.6. The maximum Gasteiger partial charge on any atom is 0.343 e. The molecule has 0 radical (unpaired) electrons. The number of ether oxygens (including phenoxy) is 4. The lowest BCUT2D eigenvalue weighted by Gasteiger charge is -2.41. The topological polar surface area (TPSA) is 214 Å². The van der Waals surface area contributed by atoms with Gasteiger partial charge < -0.3 is 48.9 Å². The molecule has 4 aromatic heterocycles. The molecule has 0 saturated carbocycles. The lowest BCUT2D eigenvalue weighted by atomic mass is 9.79. The molecule has 4 N–H and O–H groups in total. The number of aliphatic hydroxyl groups is 2. The fourth-order valence-corrected chi connectivity index (χ4v) is 13.8. The molecular formula is C59H65N7O10. The summed E-state index contributed by atoms with van der Waals surface area (Å²) in [5.41, 5.74) is 14.6. The van der Waals surface area contributed by atoms with E-state index in [1.165, 1.54) is 16.7 Å². The molecule has 1 aliphatic carbocycles. The number of benzene rings is 2. The Morgan fingerprint density at radius 3 is 2.13 bits per heavy atom. The summed E-state index contributed by atoms with van der Waals surface area (Å²) in [7, 11) is 2.05. The number of carbonyl (C=O) groups excluding carboxylic acids is 2. The highest BCUT2D eigenvalue weighted by Gasteiger charge is 2.49. The highest BCUT2D eigenvalue weighted by molar-refractivity contribution is 5.94. The molecule has 7 aliphatic rings. The number of aromatic nitrogens is 4. The van der Waals surface area contributed by atoms with Crippen molar-refractivity contribution in [3.05, 3.63) is 112 Å². The van der Waals surface area contributed by atoms with E-state index >= 15 is 0 Å². The average Bonchev–Trinajstić information content (AvgIpc) is 4.19. The van der Waals surface area contributed by atoms with Crippen molar-refractivity contribution >= 4 is 33.7 Å². The van der Waals surface area contributed by atoms with Crippen molar-refractivity contribution < 1.29 is 38.7 Å². The third-order valence-corrected chi connectivity index (χ3v) is 18.0. The SMILES string of the molecule is CCC1(O)C(=O)OCc2c1cc1n(c2=O)Cc2c-1nc1cc3c(cc1c2CN1CCN(C)C(CCC2(O)C(=O)OCc4c2cc2n(c4=O)Cc4c-2nc2cc(C(C)C)c(C)c5c2c4C(N)CC5)C1)OC(CC(C)C)CO3. The first kappa shape index (κ1) is 49.1. The van der Waals surface area contributed by atoms with Crippen LogP contribution in [0.3, 0.4) is 0 Å². The van der Waals surface area contributed by atoms with Gasteiger partial charge in [0.15, 0.2) is 22.7 Å². The van der Waals surface area contributed by atoms with Crippen LogP contribution in [0.15, 0.2) is 39.9 Å². The molecule has 1 saturated heterocycles. The van der Waals surface area contributed by atoms with Crippen LogP contribution >= 0.6 is 0 Å². The Labute approximate surface area is 439 Å². The van der Waals surface area contributed by atoms with E-state index in [9.17, 15) is 29.4 Å². The number of cyclic esters (lactones) is 2. The van der Waals surface area contributed by atoms with Gasteiger partial charge in [-0.05, 0) is 116 Å². The lowest BCUT2D eigenvalue weighted by molar-refractivity contribution is -0.173. The van der Waals surface area contributed by atoms with Crippen LogP contribution in [0.25, 0.3) is 44.6 Å². The van der Waals surface area contributed by atoms with Gasteiger partial charge in [-0.1, -0.05) is 34.6 Å². The minimum Gasteiger partial charge on any atom is -0.486 e. The van der Waals surface area contributed by atoms with Gasteiger partial charge in [0.1, 0.15) is 25.9 Å². The number of nitrogens with two attached hydrogens (primary N) is 1. The molecule has 0 spiro atoms. The minimum atomic E-state index is -2.10. The standard InChI is InChI=1S/C59H65N7O10/c1-8-58(71)41-18-46-52-37(23-65(46)54(67)39(41)26-74-56(58)69)36(35-17-49-48(20-44(35)61-52)73-25-32(76-49)15-28(2)3)22-64-14-13-63(7)31(21-64)11-12-59(72)42-19-47-53-38(24-66(47)55(68)40(42)27-75-57(59)70)50-43(60)10-9-33-30(6)34(29(4)5)16-45(62-53)51(33)50/h16-20,28-29,31-32,43,71-72H,8-15,21-27,60H2,1-7H3. The van der Waals surface area contributed by atoms with Gasteiger partial charge in [0, 0.05) is 77.4 Å². The molecule has 0 amide bonds. The Morgan fingerprint density at radius 1 is 0.789 bits per heavy atom. The van der Waals surface area contributed by atoms with Crippen LogP contribution in [0.5, 0.6) is 11.5 Å². The van der Waals surface area contributed by atoms with Crippen molar-refractivity contribution in [2.75, 3.05) is 33.3 Å². The largest absolute Gasteiger partial charge is 0.486 e. The number of fused-ring (bicyclic) bond motifs is 11. The first-order valence-electron chi connectivity index (χ1n) is 27.2. The van der Waals surface area contributed by atoms with Gasteiger partial charge in [-0.3, -0.25) is 14.5 Å². The third-order valence-electron chi connectivity index (χ3n) is 18.0. The van der Waals surface area contributed by atoms with E-state index in [1.807, 2.05) is 19.2 Å². The maximum absolute atomic E-state index is 14.6. The molecule has 5 atom stereocenters. The summed E-state index contributed by atoms with van der Waals surface area (Å²) in [4.78, 5) is 71.2. The number of carbonyl (C=O) groups is 2. The molecule has 17 nitrogen and oxygen atoms in total. The smallest absolute Gasteiger partial charge is 0.343 e. The van der Waals surface area contributed by atoms with E-state index in [0.29, 0.717) is 91.5 Å². The molecule has 1 fully saturated rings. The number of aryl methyl sites for hydroxylation is 1. The van der Waals surface area contributed by atoms with E-state index in [4.69, 9.17) is 34.6 Å². The average molecular weight is 1030 g/mol. The van der Waals surface area contributed by atoms with Crippen LogP contribution in [-0.4, -0.2) is 96.5 Å². The Hall–Kier alpha value is -6.50. The molecule has 0 bridgehead atoms. The number of esters is 2. The molecule has 13 rings (SSSR count). The van der Waals surface area contributed by atoms with Crippen LogP contribution in [0, 0.1) is 12.8 Å². The zero-order chi connectivity index (χ0) is 53.0. The number of hydrogen-bond donors (Lipinski definition) is 3. The first-order chi connectivity index (χ1) is 36.4. The summed E-state index contributed by atoms with van der Waals surface area (Å²) < 4.78 is 27.3. The summed E-state index contributed by atoms with van der Waals surface area (Å²) in [5, 5.41) is 26.3. The molecule has 396 valence electrons. The van der Waals surface area contributed by atoms with Crippen molar-refractivity contribution in [1.29, 1.82) is 0 Å². The second kappa shape index (κ2) is 17.5. The number of rotatable bonds is 9. The van der Waals surface area contributed by atoms with E-state index in [-0.39, 0.29) is 90.1 Å². The summed E-state index contributed by atoms with van der Waals surface area (Å²) in [5.74, 6) is 0.336. The molecule has 76 heavy (non-hydrogen) atoms. The number of piperazine rings is 1. The van der Waals surface area contributed by atoms with Crippen molar-refractivity contribution in [2.24, 2.45) is 11.7 Å². The molecular weight excluding hydrogens is 967 g/mol. The molecule has 5 unspecified atom stereocenters. The van der Waals surface area contributed by atoms with Gasteiger partial charge in [0.2, 0.25) is 0 Å². The van der Waals surface area contributed by atoms with Crippen LogP contribution < -0.4 is 26.3 Å². The normalized spacial score (nSPS) is 24.3. The first-order valence-corrected chi connectivity index (χ1v) is 27.2. The van der Waals surface area contributed by atoms with E-state index in [1.54, 1.807) is 28.2 Å². The number of nitrogens with zero attached hydrogens (tertiary/aromatic N) is 6. The second-order valence-corrected chi connectivity index (χ2v) is 23.3. The molecule has 6 aromatic rings. The molecule has 10 heterocycles. The van der Waals surface area contributed by atoms with E-state index < -0.39 is 23.1 Å². The quantitative estimate of drug-likeness (QED) is 0.137. The fraction of sp³-hybridized carbons (Fsp3) is 0.492. The minimum absolute atomic E-state index is 0.00686. The summed E-state index contributed by atoms with van der Waals surface area (Å²) in [6.45, 7) is 15.4. The van der Waals surface area contributed by atoms with Crippen LogP contribution in [0.4, 0.5) is 0 Å². The van der Waals surface area contributed by atoms with Crippen molar-refractivity contribution in [3.63, 3.8) is 0 Å². The number of hydrogen-bond acceptors (Lipinski definition) is 15. The van der Waals surface area contributed by atoms with Gasteiger partial charge in [-0.15, -0.1) is 0 Å². The summed E-state index contributed by atoms with van der Waals surface area (Å²) >= 11 is 0. The Kier molecular flexibility index (Phi) is 11.3. The molecule has 6 aliphatic heterocycles. The van der Waals surface area contributed by atoms with E-state index in [0.717, 1.165) is 57.8 Å². The van der Waals surface area contributed by atoms with Crippen LogP contribution in [0.2, 0.25) is 0 Å². The van der Waals surface area contributed by atoms with Gasteiger partial charge in [-0.25, -0.2) is 19.6 Å². The van der Waals surface area contributed by atoms with Gasteiger partial charge >= 0.3 is 11.9 Å². The van der Waals surface area contributed by atoms with Gasteiger partial charge in [0.25, 0.3) is 11.1 Å². The van der Waals surface area contributed by atoms with Crippen molar-refractivity contribution in [2.45, 2.75) is 148 Å². The highest BCUT2D eigenvalue weighted by Crippen LogP contribution is 2.48. The zero-order valence-corrected chi connectivity index (χ0v) is 44.3. The number of likely N-dealkylation sites (N-methyl/N-ethyl adjacent to an activating group) is 1. The van der Waals surface area contributed by atoms with Crippen LogP contribution in [-0.2, 0) is 69.5 Å².